The van der Waals surface area contributed by atoms with Crippen LogP contribution in [0.3, 0.4) is 0 Å². The third-order valence-corrected chi connectivity index (χ3v) is 5.93. The van der Waals surface area contributed by atoms with Gasteiger partial charge in [-0.1, -0.05) is 47.0 Å². The Morgan fingerprint density at radius 2 is 1.70 bits per heavy atom. The molecule has 0 atom stereocenters. The lowest BCUT2D eigenvalue weighted by atomic mass is 10.1. The zero-order chi connectivity index (χ0) is 18.8. The minimum atomic E-state index is 0.0319. The van der Waals surface area contributed by atoms with Crippen LogP contribution in [0.5, 0.6) is 0 Å². The predicted molar refractivity (Wildman–Crippen MR) is 109 cm³/mol. The molecule has 3 aromatic rings. The molecule has 1 fully saturated rings. The van der Waals surface area contributed by atoms with Crippen LogP contribution in [0.2, 0.25) is 0 Å². The highest BCUT2D eigenvalue weighted by Gasteiger charge is 2.27. The monoisotopic (exact) mass is 378 g/mol. The highest BCUT2D eigenvalue weighted by atomic mass is 32.1. The predicted octanol–water partition coefficient (Wildman–Crippen LogP) is 3.78. The summed E-state index contributed by atoms with van der Waals surface area (Å²) in [5.74, 6) is 0.0319. The van der Waals surface area contributed by atoms with Gasteiger partial charge in [-0.25, -0.2) is 0 Å². The van der Waals surface area contributed by atoms with Crippen LogP contribution < -0.4 is 4.90 Å². The maximum atomic E-state index is 13.1. The zero-order valence-electron chi connectivity index (χ0n) is 15.6. The molecule has 4 rings (SSSR count). The molecule has 0 unspecified atom stereocenters. The number of aromatic nitrogens is 2. The van der Waals surface area contributed by atoms with Crippen LogP contribution in [0.4, 0.5) is 5.69 Å². The van der Waals surface area contributed by atoms with Gasteiger partial charge in [-0.2, -0.15) is 0 Å². The summed E-state index contributed by atoms with van der Waals surface area (Å²) in [4.78, 5) is 18.0. The van der Waals surface area contributed by atoms with E-state index >= 15 is 0 Å². The van der Waals surface area contributed by atoms with Crippen LogP contribution in [0, 0.1) is 13.8 Å². The lowest BCUT2D eigenvalue weighted by molar-refractivity contribution is 0.0752. The highest BCUT2D eigenvalue weighted by molar-refractivity contribution is 7.08. The van der Waals surface area contributed by atoms with Gasteiger partial charge in [0.05, 0.1) is 0 Å². The lowest BCUT2D eigenvalue weighted by Gasteiger charge is -2.36. The van der Waals surface area contributed by atoms with E-state index in [0.717, 1.165) is 18.7 Å². The van der Waals surface area contributed by atoms with Gasteiger partial charge in [-0.15, -0.1) is 5.10 Å². The van der Waals surface area contributed by atoms with Gasteiger partial charge in [0.15, 0.2) is 0 Å². The van der Waals surface area contributed by atoms with Crippen molar-refractivity contribution in [3.63, 3.8) is 0 Å². The Morgan fingerprint density at radius 1 is 0.963 bits per heavy atom. The van der Waals surface area contributed by atoms with E-state index in [4.69, 9.17) is 0 Å². The Bertz CT molecular complexity index is 946. The van der Waals surface area contributed by atoms with E-state index in [1.165, 1.54) is 28.3 Å². The van der Waals surface area contributed by atoms with Crippen molar-refractivity contribution in [3.8, 4) is 11.3 Å². The first kappa shape index (κ1) is 17.7. The number of anilines is 1. The van der Waals surface area contributed by atoms with Crippen LogP contribution in [0.1, 0.15) is 20.8 Å². The normalized spacial score (nSPS) is 14.4. The number of rotatable bonds is 3. The molecular formula is C21H22N4OS. The second-order valence-electron chi connectivity index (χ2n) is 6.81. The highest BCUT2D eigenvalue weighted by Crippen LogP contribution is 2.27. The molecule has 0 saturated carbocycles. The average molecular weight is 379 g/mol. The minimum absolute atomic E-state index is 0.0319. The molecule has 5 nitrogen and oxygen atoms in total. The van der Waals surface area contributed by atoms with Gasteiger partial charge in [0, 0.05) is 37.4 Å². The summed E-state index contributed by atoms with van der Waals surface area (Å²) < 4.78 is 4.03. The molecule has 0 N–H and O–H groups in total. The fraction of sp³-hybridized carbons (Fsp3) is 0.286. The third-order valence-electron chi connectivity index (χ3n) is 5.21. The maximum Gasteiger partial charge on any atom is 0.268 e. The molecule has 138 valence electrons. The molecule has 1 aliphatic rings. The average Bonchev–Trinajstić information content (AvgIpc) is 3.20. The first-order valence-electron chi connectivity index (χ1n) is 9.13. The van der Waals surface area contributed by atoms with Gasteiger partial charge in [0.2, 0.25) is 0 Å². The number of hydrogen-bond donors (Lipinski definition) is 0. The van der Waals surface area contributed by atoms with Crippen molar-refractivity contribution in [2.24, 2.45) is 0 Å². The van der Waals surface area contributed by atoms with Crippen molar-refractivity contribution in [2.45, 2.75) is 13.8 Å². The standard InChI is InChI=1S/C21H22N4OS/c1-15-7-6-10-18(16(15)2)24-11-13-25(14-12-24)21(26)20-19(22-23-27-20)17-8-4-3-5-9-17/h3-10H,11-14H2,1-2H3. The molecule has 2 aromatic carbocycles. The number of nitrogens with zero attached hydrogens (tertiary/aromatic N) is 4. The number of carbonyl (C=O) groups excluding carboxylic acids is 1. The number of hydrogen-bond acceptors (Lipinski definition) is 5. The Morgan fingerprint density at radius 3 is 2.44 bits per heavy atom. The summed E-state index contributed by atoms with van der Waals surface area (Å²) in [6, 6.07) is 16.2. The van der Waals surface area contributed by atoms with Gasteiger partial charge in [0.25, 0.3) is 5.91 Å². The Balaban J connectivity index is 1.49. The molecule has 1 amide bonds. The number of carbonyl (C=O) groups is 1. The van der Waals surface area contributed by atoms with Gasteiger partial charge in [-0.3, -0.25) is 4.79 Å². The van der Waals surface area contributed by atoms with Crippen molar-refractivity contribution in [3.05, 3.63) is 64.5 Å². The van der Waals surface area contributed by atoms with Crippen molar-refractivity contribution in [1.82, 2.24) is 14.5 Å². The van der Waals surface area contributed by atoms with E-state index in [-0.39, 0.29) is 5.91 Å². The van der Waals surface area contributed by atoms with Gasteiger partial charge < -0.3 is 9.80 Å². The lowest BCUT2D eigenvalue weighted by Crippen LogP contribution is -2.49. The molecule has 2 heterocycles. The SMILES string of the molecule is Cc1cccc(N2CCN(C(=O)c3snnc3-c3ccccc3)CC2)c1C. The number of piperazine rings is 1. The third kappa shape index (κ3) is 3.45. The fourth-order valence-electron chi connectivity index (χ4n) is 3.49. The minimum Gasteiger partial charge on any atom is -0.368 e. The Labute approximate surface area is 163 Å². The summed E-state index contributed by atoms with van der Waals surface area (Å²) in [5.41, 5.74) is 5.50. The molecule has 0 spiro atoms. The van der Waals surface area contributed by atoms with Crippen molar-refractivity contribution >= 4 is 23.1 Å². The summed E-state index contributed by atoms with van der Waals surface area (Å²) in [6.45, 7) is 7.39. The van der Waals surface area contributed by atoms with Crippen LogP contribution >= 0.6 is 11.5 Å². The van der Waals surface area contributed by atoms with Crippen molar-refractivity contribution in [1.29, 1.82) is 0 Å². The molecule has 1 aliphatic heterocycles. The Kier molecular flexibility index (Phi) is 4.90. The molecule has 0 bridgehead atoms. The van der Waals surface area contributed by atoms with E-state index in [2.05, 4.69) is 46.5 Å². The van der Waals surface area contributed by atoms with Gasteiger partial charge >= 0.3 is 0 Å². The quantitative estimate of drug-likeness (QED) is 0.696. The summed E-state index contributed by atoms with van der Waals surface area (Å²) >= 11 is 1.18. The van der Waals surface area contributed by atoms with Crippen LogP contribution in [0.25, 0.3) is 11.3 Å². The van der Waals surface area contributed by atoms with Crippen LogP contribution in [0.15, 0.2) is 48.5 Å². The fourth-order valence-corrected chi connectivity index (χ4v) is 4.14. The second kappa shape index (κ2) is 7.48. The van der Waals surface area contributed by atoms with Gasteiger partial charge in [0.1, 0.15) is 10.6 Å². The topological polar surface area (TPSA) is 49.3 Å². The zero-order valence-corrected chi connectivity index (χ0v) is 16.4. The molecule has 0 aliphatic carbocycles. The summed E-state index contributed by atoms with van der Waals surface area (Å²) in [6.07, 6.45) is 0. The number of aryl methyl sites for hydroxylation is 1. The van der Waals surface area contributed by atoms with E-state index in [1.807, 2.05) is 35.2 Å². The first-order chi connectivity index (χ1) is 13.1. The Hall–Kier alpha value is -2.73. The smallest absolute Gasteiger partial charge is 0.268 e. The molecule has 1 aromatic heterocycles. The molecule has 1 saturated heterocycles. The molecule has 0 radical (unpaired) electrons. The van der Waals surface area contributed by atoms with E-state index in [1.54, 1.807) is 0 Å². The van der Waals surface area contributed by atoms with Crippen molar-refractivity contribution < 1.29 is 4.79 Å². The van der Waals surface area contributed by atoms with Crippen LogP contribution in [-0.2, 0) is 0 Å². The summed E-state index contributed by atoms with van der Waals surface area (Å²) in [5, 5.41) is 4.20. The molecule has 27 heavy (non-hydrogen) atoms. The van der Waals surface area contributed by atoms with E-state index in [9.17, 15) is 4.79 Å². The van der Waals surface area contributed by atoms with Crippen molar-refractivity contribution in [2.75, 3.05) is 31.1 Å². The summed E-state index contributed by atoms with van der Waals surface area (Å²) in [7, 11) is 0. The maximum absolute atomic E-state index is 13.1. The number of amides is 1. The van der Waals surface area contributed by atoms with Gasteiger partial charge in [-0.05, 0) is 42.6 Å². The van der Waals surface area contributed by atoms with E-state index in [0.29, 0.717) is 23.7 Å². The second-order valence-corrected chi connectivity index (χ2v) is 7.57. The molecular weight excluding hydrogens is 356 g/mol. The first-order valence-corrected chi connectivity index (χ1v) is 9.90. The van der Waals surface area contributed by atoms with Crippen LogP contribution in [-0.4, -0.2) is 46.6 Å². The largest absolute Gasteiger partial charge is 0.368 e. The molecule has 6 heteroatoms. The van der Waals surface area contributed by atoms with E-state index < -0.39 is 0 Å². The number of benzene rings is 2.